The van der Waals surface area contributed by atoms with Gasteiger partial charge < -0.3 is 20.9 Å². The molecule has 0 aliphatic heterocycles. The van der Waals surface area contributed by atoms with Crippen molar-refractivity contribution in [2.75, 3.05) is 7.11 Å². The number of amides is 2. The van der Waals surface area contributed by atoms with Crippen LogP contribution in [-0.2, 0) is 14.3 Å². The van der Waals surface area contributed by atoms with Gasteiger partial charge in [-0.05, 0) is 24.3 Å². The normalized spacial score (nSPS) is 11.3. The zero-order chi connectivity index (χ0) is 16.0. The molecule has 0 aromatic heterocycles. The molecule has 0 spiro atoms. The van der Waals surface area contributed by atoms with Gasteiger partial charge in [0.15, 0.2) is 0 Å². The van der Waals surface area contributed by atoms with Gasteiger partial charge in [-0.3, -0.25) is 14.4 Å². The zero-order valence-electron chi connectivity index (χ0n) is 11.2. The van der Waals surface area contributed by atoms with E-state index in [4.69, 9.17) is 10.8 Å². The van der Waals surface area contributed by atoms with Crippen molar-refractivity contribution in [3.05, 3.63) is 35.4 Å². The predicted molar refractivity (Wildman–Crippen MR) is 70.5 cm³/mol. The molecule has 0 saturated carbocycles. The monoisotopic (exact) mass is 294 g/mol. The van der Waals surface area contributed by atoms with Gasteiger partial charge in [-0.15, -0.1) is 0 Å². The lowest BCUT2D eigenvalue weighted by Gasteiger charge is -2.13. The number of methoxy groups -OCH3 is 1. The summed E-state index contributed by atoms with van der Waals surface area (Å²) in [7, 11) is 1.12. The van der Waals surface area contributed by atoms with E-state index in [1.54, 1.807) is 0 Å². The molecule has 8 heteroatoms. The molecule has 0 radical (unpaired) electrons. The van der Waals surface area contributed by atoms with Crippen molar-refractivity contribution in [1.29, 1.82) is 0 Å². The summed E-state index contributed by atoms with van der Waals surface area (Å²) < 4.78 is 4.36. The molecule has 112 valence electrons. The van der Waals surface area contributed by atoms with Crippen LogP contribution in [0.1, 0.15) is 27.1 Å². The molecule has 0 aliphatic rings. The van der Waals surface area contributed by atoms with Crippen LogP contribution in [0.3, 0.4) is 0 Å². The molecule has 4 N–H and O–H groups in total. The summed E-state index contributed by atoms with van der Waals surface area (Å²) in [5.74, 6) is -3.45. The van der Waals surface area contributed by atoms with E-state index in [-0.39, 0.29) is 11.1 Å². The van der Waals surface area contributed by atoms with E-state index < -0.39 is 36.2 Å². The van der Waals surface area contributed by atoms with Crippen LogP contribution in [0.4, 0.5) is 0 Å². The van der Waals surface area contributed by atoms with E-state index in [0.29, 0.717) is 0 Å². The van der Waals surface area contributed by atoms with Gasteiger partial charge in [0.2, 0.25) is 5.91 Å². The van der Waals surface area contributed by atoms with Gasteiger partial charge in [0, 0.05) is 11.1 Å². The smallest absolute Gasteiger partial charge is 0.326 e. The summed E-state index contributed by atoms with van der Waals surface area (Å²) in [5.41, 5.74) is 5.42. The number of rotatable bonds is 6. The van der Waals surface area contributed by atoms with Gasteiger partial charge in [-0.2, -0.15) is 0 Å². The molecule has 1 aromatic rings. The molecular formula is C13H14N2O6. The lowest BCUT2D eigenvalue weighted by molar-refractivity contribution is -0.147. The van der Waals surface area contributed by atoms with Crippen LogP contribution >= 0.6 is 0 Å². The summed E-state index contributed by atoms with van der Waals surface area (Å²) in [6, 6.07) is 3.93. The number of nitrogens with one attached hydrogen (secondary N) is 1. The van der Waals surface area contributed by atoms with Gasteiger partial charge in [-0.1, -0.05) is 0 Å². The number of carboxylic acid groups (broad SMARTS) is 1. The average molecular weight is 294 g/mol. The molecule has 2 amide bonds. The highest BCUT2D eigenvalue weighted by Crippen LogP contribution is 2.05. The van der Waals surface area contributed by atoms with Crippen molar-refractivity contribution in [1.82, 2.24) is 5.32 Å². The van der Waals surface area contributed by atoms with Gasteiger partial charge >= 0.3 is 11.9 Å². The van der Waals surface area contributed by atoms with E-state index in [2.05, 4.69) is 10.1 Å². The number of hydrogen-bond donors (Lipinski definition) is 3. The Morgan fingerprint density at radius 2 is 1.71 bits per heavy atom. The maximum absolute atomic E-state index is 11.9. The van der Waals surface area contributed by atoms with Crippen molar-refractivity contribution in [2.45, 2.75) is 12.5 Å². The minimum Gasteiger partial charge on any atom is -0.480 e. The Hall–Kier alpha value is -2.90. The number of carboxylic acids is 1. The number of esters is 1. The van der Waals surface area contributed by atoms with E-state index in [1.165, 1.54) is 24.3 Å². The second-order valence-electron chi connectivity index (χ2n) is 4.09. The van der Waals surface area contributed by atoms with E-state index >= 15 is 0 Å². The summed E-state index contributed by atoms with van der Waals surface area (Å²) in [5, 5.41) is 11.1. The first-order valence-corrected chi connectivity index (χ1v) is 5.85. The van der Waals surface area contributed by atoms with Gasteiger partial charge in [0.1, 0.15) is 6.04 Å². The highest BCUT2D eigenvalue weighted by molar-refractivity contribution is 5.99. The Balaban J connectivity index is 2.79. The fraction of sp³-hybridized carbons (Fsp3) is 0.231. The number of ether oxygens (including phenoxy) is 1. The molecule has 8 nitrogen and oxygen atoms in total. The number of benzene rings is 1. The van der Waals surface area contributed by atoms with Gasteiger partial charge in [0.05, 0.1) is 13.5 Å². The summed E-state index contributed by atoms with van der Waals surface area (Å²) in [4.78, 5) is 44.8. The van der Waals surface area contributed by atoms with Crippen molar-refractivity contribution in [2.24, 2.45) is 5.73 Å². The molecule has 0 heterocycles. The van der Waals surface area contributed by atoms with Crippen LogP contribution in [0.2, 0.25) is 0 Å². The Labute approximate surface area is 119 Å². The van der Waals surface area contributed by atoms with E-state index in [9.17, 15) is 19.2 Å². The second-order valence-corrected chi connectivity index (χ2v) is 4.09. The van der Waals surface area contributed by atoms with Crippen LogP contribution in [-0.4, -0.2) is 42.0 Å². The number of hydrogen-bond acceptors (Lipinski definition) is 5. The molecule has 0 saturated heterocycles. The fourth-order valence-corrected chi connectivity index (χ4v) is 1.48. The number of nitrogens with two attached hydrogens (primary N) is 1. The standard InChI is InChI=1S/C13H14N2O6/c1-21-10(16)6-9(13(19)20)15-12(18)8-4-2-7(3-5-8)11(14)17/h2-5,9H,6H2,1H3,(H2,14,17)(H,15,18)(H,19,20)/t9-/m0/s1. The van der Waals surface area contributed by atoms with Crippen molar-refractivity contribution in [3.63, 3.8) is 0 Å². The van der Waals surface area contributed by atoms with Crippen LogP contribution < -0.4 is 11.1 Å². The third-order valence-electron chi connectivity index (χ3n) is 2.63. The molecule has 1 aromatic carbocycles. The maximum atomic E-state index is 11.9. The van der Waals surface area contributed by atoms with Crippen LogP contribution in [0.5, 0.6) is 0 Å². The van der Waals surface area contributed by atoms with Crippen molar-refractivity contribution < 1.29 is 29.0 Å². The van der Waals surface area contributed by atoms with Crippen molar-refractivity contribution >= 4 is 23.8 Å². The maximum Gasteiger partial charge on any atom is 0.326 e. The molecule has 1 atom stereocenters. The number of aliphatic carboxylic acids is 1. The highest BCUT2D eigenvalue weighted by atomic mass is 16.5. The lowest BCUT2D eigenvalue weighted by atomic mass is 10.1. The third-order valence-corrected chi connectivity index (χ3v) is 2.63. The molecule has 1 rings (SSSR count). The quantitative estimate of drug-likeness (QED) is 0.607. The molecule has 0 aliphatic carbocycles. The first-order chi connectivity index (χ1) is 9.85. The highest BCUT2D eigenvalue weighted by Gasteiger charge is 2.24. The Bertz CT molecular complexity index is 567. The zero-order valence-corrected chi connectivity index (χ0v) is 11.2. The summed E-state index contributed by atoms with van der Waals surface area (Å²) in [6.07, 6.45) is -0.489. The molecule has 21 heavy (non-hydrogen) atoms. The Morgan fingerprint density at radius 1 is 1.19 bits per heavy atom. The SMILES string of the molecule is COC(=O)C[C@H](NC(=O)c1ccc(C(N)=O)cc1)C(=O)O. The lowest BCUT2D eigenvalue weighted by Crippen LogP contribution is -2.42. The second kappa shape index (κ2) is 7.04. The Kier molecular flexibility index (Phi) is 5.41. The number of carbonyl (C=O) groups is 4. The number of primary amides is 1. The first-order valence-electron chi connectivity index (χ1n) is 5.85. The average Bonchev–Trinajstić information content (AvgIpc) is 2.46. The summed E-state index contributed by atoms with van der Waals surface area (Å²) in [6.45, 7) is 0. The Morgan fingerprint density at radius 3 is 2.14 bits per heavy atom. The molecule has 0 bridgehead atoms. The molecular weight excluding hydrogens is 280 g/mol. The van der Waals surface area contributed by atoms with Gasteiger partial charge in [0.25, 0.3) is 5.91 Å². The van der Waals surface area contributed by atoms with Crippen molar-refractivity contribution in [3.8, 4) is 0 Å². The number of carbonyl (C=O) groups excluding carboxylic acids is 3. The van der Waals surface area contributed by atoms with Gasteiger partial charge in [-0.25, -0.2) is 4.79 Å². The topological polar surface area (TPSA) is 136 Å². The summed E-state index contributed by atoms with van der Waals surface area (Å²) >= 11 is 0. The van der Waals surface area contributed by atoms with Crippen LogP contribution in [0.15, 0.2) is 24.3 Å². The molecule has 0 unspecified atom stereocenters. The first kappa shape index (κ1) is 16.2. The van der Waals surface area contributed by atoms with E-state index in [1.807, 2.05) is 0 Å². The minimum atomic E-state index is -1.40. The third kappa shape index (κ3) is 4.60. The van der Waals surface area contributed by atoms with Crippen LogP contribution in [0, 0.1) is 0 Å². The fourth-order valence-electron chi connectivity index (χ4n) is 1.48. The largest absolute Gasteiger partial charge is 0.480 e. The molecule has 0 fully saturated rings. The van der Waals surface area contributed by atoms with E-state index in [0.717, 1.165) is 7.11 Å². The van der Waals surface area contributed by atoms with Crippen LogP contribution in [0.25, 0.3) is 0 Å². The predicted octanol–water partition coefficient (Wildman–Crippen LogP) is -0.468. The minimum absolute atomic E-state index is 0.135.